The van der Waals surface area contributed by atoms with E-state index in [0.29, 0.717) is 37.1 Å². The fraction of sp³-hybridized carbons (Fsp3) is 0.462. The first-order valence-electron chi connectivity index (χ1n) is 6.51. The molecule has 1 aromatic heterocycles. The Morgan fingerprint density at radius 3 is 3.20 bits per heavy atom. The molecule has 0 aromatic carbocycles. The first-order valence-corrected chi connectivity index (χ1v) is 6.92. The van der Waals surface area contributed by atoms with Crippen molar-refractivity contribution in [1.82, 2.24) is 10.3 Å². The third kappa shape index (κ3) is 3.23. The van der Waals surface area contributed by atoms with Gasteiger partial charge in [-0.15, -0.1) is 0 Å². The van der Waals surface area contributed by atoms with Crippen LogP contribution in [0.4, 0.5) is 5.82 Å². The van der Waals surface area contributed by atoms with Crippen LogP contribution in [-0.2, 0) is 9.53 Å². The average Bonchev–Trinajstić information content (AvgIpc) is 2.47. The Bertz CT molecular complexity index is 509. The van der Waals surface area contributed by atoms with Gasteiger partial charge in [-0.1, -0.05) is 12.2 Å². The number of nitrogens with two attached hydrogens (primary N) is 1. The van der Waals surface area contributed by atoms with E-state index in [1.54, 1.807) is 18.3 Å². The van der Waals surface area contributed by atoms with Crippen LogP contribution < -0.4 is 16.0 Å². The number of amides is 1. The molecule has 1 atom stereocenters. The molecule has 3 N–H and O–H groups in total. The maximum atomic E-state index is 12.1. The first kappa shape index (κ1) is 14.7. The number of nitrogens with zero attached hydrogens (tertiary/aromatic N) is 2. The predicted molar refractivity (Wildman–Crippen MR) is 80.8 cm³/mol. The second kappa shape index (κ2) is 6.62. The molecule has 0 spiro atoms. The normalized spacial score (nSPS) is 18.6. The van der Waals surface area contributed by atoms with Crippen molar-refractivity contribution in [3.63, 3.8) is 0 Å². The second-order valence-corrected chi connectivity index (χ2v) is 4.89. The molecule has 1 aromatic rings. The van der Waals surface area contributed by atoms with Gasteiger partial charge in [0, 0.05) is 24.8 Å². The molecule has 0 aliphatic carbocycles. The van der Waals surface area contributed by atoms with Crippen LogP contribution in [0, 0.1) is 0 Å². The van der Waals surface area contributed by atoms with Crippen LogP contribution in [0.2, 0.25) is 0 Å². The Hall–Kier alpha value is -1.73. The zero-order chi connectivity index (χ0) is 14.5. The highest BCUT2D eigenvalue weighted by Crippen LogP contribution is 2.18. The molecular formula is C13H18N4O2S. The summed E-state index contributed by atoms with van der Waals surface area (Å²) >= 11 is 4.97. The van der Waals surface area contributed by atoms with Gasteiger partial charge in [0.05, 0.1) is 13.2 Å². The lowest BCUT2D eigenvalue weighted by Gasteiger charge is -2.35. The minimum absolute atomic E-state index is 0.0604. The number of ether oxygens (including phenoxy) is 1. The minimum Gasteiger partial charge on any atom is -0.389 e. The molecule has 1 fully saturated rings. The Morgan fingerprint density at radius 1 is 1.70 bits per heavy atom. The van der Waals surface area contributed by atoms with Crippen molar-refractivity contribution in [2.75, 3.05) is 31.2 Å². The van der Waals surface area contributed by atoms with Gasteiger partial charge in [-0.25, -0.2) is 4.98 Å². The Labute approximate surface area is 123 Å². The maximum absolute atomic E-state index is 12.1. The van der Waals surface area contributed by atoms with Crippen molar-refractivity contribution in [1.29, 1.82) is 0 Å². The van der Waals surface area contributed by atoms with E-state index >= 15 is 0 Å². The molecule has 0 saturated carbocycles. The van der Waals surface area contributed by atoms with E-state index in [9.17, 15) is 4.79 Å². The highest BCUT2D eigenvalue weighted by atomic mass is 32.1. The molecule has 2 rings (SSSR count). The molecule has 6 nitrogen and oxygen atoms in total. The summed E-state index contributed by atoms with van der Waals surface area (Å²) in [6.07, 6.45) is 1.65. The van der Waals surface area contributed by atoms with Gasteiger partial charge in [-0.2, -0.15) is 0 Å². The zero-order valence-corrected chi connectivity index (χ0v) is 12.2. The number of hydrogen-bond donors (Lipinski definition) is 2. The van der Waals surface area contributed by atoms with E-state index in [1.165, 1.54) is 0 Å². The van der Waals surface area contributed by atoms with Gasteiger partial charge in [-0.05, 0) is 19.1 Å². The second-order valence-electron chi connectivity index (χ2n) is 4.45. The Morgan fingerprint density at radius 2 is 2.50 bits per heavy atom. The molecule has 0 radical (unpaired) electrons. The molecule has 20 heavy (non-hydrogen) atoms. The third-order valence-corrected chi connectivity index (χ3v) is 3.34. The van der Waals surface area contributed by atoms with Gasteiger partial charge in [0.2, 0.25) is 5.91 Å². The summed E-state index contributed by atoms with van der Waals surface area (Å²) in [7, 11) is 0. The summed E-state index contributed by atoms with van der Waals surface area (Å²) in [4.78, 5) is 18.6. The van der Waals surface area contributed by atoms with Gasteiger partial charge in [0.15, 0.2) is 0 Å². The minimum atomic E-state index is -0.377. The van der Waals surface area contributed by atoms with Gasteiger partial charge < -0.3 is 20.7 Å². The summed E-state index contributed by atoms with van der Waals surface area (Å²) in [5.41, 5.74) is 6.38. The SMILES string of the molecule is CCNC(=O)C1COCCN1c1cc(C(N)=S)ccn1. The number of anilines is 1. The predicted octanol–water partition coefficient (Wildman–Crippen LogP) is 0.0571. The highest BCUT2D eigenvalue weighted by molar-refractivity contribution is 7.80. The number of morpholine rings is 1. The van der Waals surface area contributed by atoms with Crippen molar-refractivity contribution >= 4 is 28.9 Å². The van der Waals surface area contributed by atoms with E-state index in [2.05, 4.69) is 10.3 Å². The summed E-state index contributed by atoms with van der Waals surface area (Å²) in [5, 5.41) is 2.81. The van der Waals surface area contributed by atoms with E-state index in [0.717, 1.165) is 5.56 Å². The van der Waals surface area contributed by atoms with Gasteiger partial charge in [0.25, 0.3) is 0 Å². The number of aromatic nitrogens is 1. The number of carbonyl (C=O) groups excluding carboxylic acids is 1. The number of rotatable bonds is 4. The van der Waals surface area contributed by atoms with Gasteiger partial charge in [-0.3, -0.25) is 4.79 Å². The van der Waals surface area contributed by atoms with E-state index in [4.69, 9.17) is 22.7 Å². The molecule has 1 aliphatic heterocycles. The monoisotopic (exact) mass is 294 g/mol. The van der Waals surface area contributed by atoms with Crippen molar-refractivity contribution < 1.29 is 9.53 Å². The fourth-order valence-corrected chi connectivity index (χ4v) is 2.24. The number of nitrogens with one attached hydrogen (secondary N) is 1. The fourth-order valence-electron chi connectivity index (χ4n) is 2.12. The molecule has 108 valence electrons. The molecular weight excluding hydrogens is 276 g/mol. The Kier molecular flexibility index (Phi) is 4.86. The smallest absolute Gasteiger partial charge is 0.245 e. The van der Waals surface area contributed by atoms with Crippen molar-refractivity contribution in [3.8, 4) is 0 Å². The molecule has 1 saturated heterocycles. The molecule has 1 amide bonds. The molecule has 1 unspecified atom stereocenters. The highest BCUT2D eigenvalue weighted by Gasteiger charge is 2.30. The first-order chi connectivity index (χ1) is 9.63. The van der Waals surface area contributed by atoms with Crippen molar-refractivity contribution in [2.24, 2.45) is 5.73 Å². The number of hydrogen-bond acceptors (Lipinski definition) is 5. The van der Waals surface area contributed by atoms with Crippen LogP contribution in [0.25, 0.3) is 0 Å². The lowest BCUT2D eigenvalue weighted by molar-refractivity contribution is -0.124. The van der Waals surface area contributed by atoms with Crippen molar-refractivity contribution in [2.45, 2.75) is 13.0 Å². The van der Waals surface area contributed by atoms with Crippen LogP contribution in [0.15, 0.2) is 18.3 Å². The zero-order valence-electron chi connectivity index (χ0n) is 11.3. The number of pyridine rings is 1. The van der Waals surface area contributed by atoms with E-state index < -0.39 is 0 Å². The summed E-state index contributed by atoms with van der Waals surface area (Å²) < 4.78 is 5.40. The molecule has 1 aliphatic rings. The molecule has 2 heterocycles. The third-order valence-electron chi connectivity index (χ3n) is 3.11. The van der Waals surface area contributed by atoms with Crippen LogP contribution in [0.1, 0.15) is 12.5 Å². The quantitative estimate of drug-likeness (QED) is 0.764. The maximum Gasteiger partial charge on any atom is 0.245 e. The van der Waals surface area contributed by atoms with Gasteiger partial charge >= 0.3 is 0 Å². The van der Waals surface area contributed by atoms with Crippen LogP contribution >= 0.6 is 12.2 Å². The largest absolute Gasteiger partial charge is 0.389 e. The summed E-state index contributed by atoms with van der Waals surface area (Å²) in [5.74, 6) is 0.629. The topological polar surface area (TPSA) is 80.5 Å². The lowest BCUT2D eigenvalue weighted by Crippen LogP contribution is -2.54. The van der Waals surface area contributed by atoms with Gasteiger partial charge in [0.1, 0.15) is 16.8 Å². The Balaban J connectivity index is 2.25. The summed E-state index contributed by atoms with van der Waals surface area (Å²) in [6.45, 7) is 4.00. The summed E-state index contributed by atoms with van der Waals surface area (Å²) in [6, 6.07) is 3.19. The number of likely N-dealkylation sites (N-methyl/N-ethyl adjacent to an activating group) is 1. The average molecular weight is 294 g/mol. The van der Waals surface area contributed by atoms with E-state index in [-0.39, 0.29) is 11.9 Å². The standard InChI is InChI=1S/C13H18N4O2S/c1-2-15-13(18)10-8-19-6-5-17(10)11-7-9(12(14)20)3-4-16-11/h3-4,7,10H,2,5-6,8H2,1H3,(H2,14,20)(H,15,18). The number of carbonyl (C=O) groups is 1. The van der Waals surface area contributed by atoms with Crippen LogP contribution in [0.3, 0.4) is 0 Å². The van der Waals surface area contributed by atoms with E-state index in [1.807, 2.05) is 11.8 Å². The molecule has 7 heteroatoms. The number of thiocarbonyl (C=S) groups is 1. The van der Waals surface area contributed by atoms with Crippen molar-refractivity contribution in [3.05, 3.63) is 23.9 Å². The lowest BCUT2D eigenvalue weighted by atomic mass is 10.2. The van der Waals surface area contributed by atoms with Crippen LogP contribution in [0.5, 0.6) is 0 Å². The molecule has 0 bridgehead atoms. The van der Waals surface area contributed by atoms with Crippen LogP contribution in [-0.4, -0.2) is 48.2 Å².